The van der Waals surface area contributed by atoms with Gasteiger partial charge in [-0.25, -0.2) is 13.1 Å². The molecular formula is C18H20Cl2N2O4S. The average Bonchev–Trinajstić information content (AvgIpc) is 2.57. The number of carbonyl (C=O) groups is 1. The van der Waals surface area contributed by atoms with Crippen LogP contribution < -0.4 is 10.0 Å². The first-order valence-electron chi connectivity index (χ1n) is 8.06. The highest BCUT2D eigenvalue weighted by molar-refractivity contribution is 7.89. The van der Waals surface area contributed by atoms with Crippen LogP contribution in [0.3, 0.4) is 0 Å². The standard InChI is InChI=1S/C18H20Cl2N2O4S/c1-12(11-26-2)22-27(24,25)16-7-5-15(6-8-16)21-18(23)9-13-3-4-14(19)10-17(13)20/h3-8,10,12,22H,9,11H2,1-2H3,(H,21,23). The van der Waals surface area contributed by atoms with Crippen LogP contribution in [-0.2, 0) is 26.0 Å². The Hall–Kier alpha value is -1.64. The van der Waals surface area contributed by atoms with Gasteiger partial charge in [0, 0.05) is 28.9 Å². The molecule has 27 heavy (non-hydrogen) atoms. The molecule has 2 rings (SSSR count). The van der Waals surface area contributed by atoms with E-state index in [4.69, 9.17) is 27.9 Å². The molecule has 6 nitrogen and oxygen atoms in total. The lowest BCUT2D eigenvalue weighted by Gasteiger charge is -2.13. The second kappa shape index (κ2) is 9.52. The molecular weight excluding hydrogens is 411 g/mol. The molecule has 0 bridgehead atoms. The van der Waals surface area contributed by atoms with Crippen LogP contribution in [0.15, 0.2) is 47.4 Å². The maximum Gasteiger partial charge on any atom is 0.240 e. The first-order valence-corrected chi connectivity index (χ1v) is 10.3. The highest BCUT2D eigenvalue weighted by atomic mass is 35.5. The second-order valence-electron chi connectivity index (χ2n) is 5.96. The van der Waals surface area contributed by atoms with E-state index in [1.807, 2.05) is 0 Å². The maximum absolute atomic E-state index is 12.3. The summed E-state index contributed by atoms with van der Waals surface area (Å²) in [5, 5.41) is 3.61. The minimum Gasteiger partial charge on any atom is -0.383 e. The number of rotatable bonds is 8. The Labute approximate surface area is 168 Å². The zero-order valence-corrected chi connectivity index (χ0v) is 17.2. The number of hydrogen-bond acceptors (Lipinski definition) is 4. The molecule has 0 fully saturated rings. The van der Waals surface area contributed by atoms with Crippen LogP contribution >= 0.6 is 23.2 Å². The molecule has 2 N–H and O–H groups in total. The molecule has 0 aliphatic rings. The van der Waals surface area contributed by atoms with Gasteiger partial charge in [0.15, 0.2) is 0 Å². The number of hydrogen-bond donors (Lipinski definition) is 2. The summed E-state index contributed by atoms with van der Waals surface area (Å²) in [6.07, 6.45) is 0.0755. The Morgan fingerprint density at radius 3 is 2.41 bits per heavy atom. The summed E-state index contributed by atoms with van der Waals surface area (Å²) < 4.78 is 32.0. The van der Waals surface area contributed by atoms with Crippen molar-refractivity contribution in [1.82, 2.24) is 4.72 Å². The normalized spacial score (nSPS) is 12.6. The van der Waals surface area contributed by atoms with Crippen molar-refractivity contribution in [1.29, 1.82) is 0 Å². The molecule has 2 aromatic rings. The minimum atomic E-state index is -3.66. The number of halogens is 2. The van der Waals surface area contributed by atoms with E-state index in [1.165, 1.54) is 31.4 Å². The molecule has 2 aromatic carbocycles. The van der Waals surface area contributed by atoms with Gasteiger partial charge in [-0.2, -0.15) is 0 Å². The summed E-state index contributed by atoms with van der Waals surface area (Å²) in [5.41, 5.74) is 1.13. The SMILES string of the molecule is COCC(C)NS(=O)(=O)c1ccc(NC(=O)Cc2ccc(Cl)cc2Cl)cc1. The van der Waals surface area contributed by atoms with E-state index in [2.05, 4.69) is 10.0 Å². The van der Waals surface area contributed by atoms with Crippen molar-refractivity contribution >= 4 is 44.8 Å². The number of methoxy groups -OCH3 is 1. The molecule has 0 saturated heterocycles. The largest absolute Gasteiger partial charge is 0.383 e. The zero-order valence-electron chi connectivity index (χ0n) is 14.8. The average molecular weight is 431 g/mol. The van der Waals surface area contributed by atoms with Crippen molar-refractivity contribution in [2.75, 3.05) is 19.0 Å². The number of ether oxygens (including phenoxy) is 1. The van der Waals surface area contributed by atoms with Crippen molar-refractivity contribution in [3.63, 3.8) is 0 Å². The second-order valence-corrected chi connectivity index (χ2v) is 8.52. The number of anilines is 1. The quantitative estimate of drug-likeness (QED) is 0.670. The molecule has 9 heteroatoms. The van der Waals surface area contributed by atoms with Crippen molar-refractivity contribution in [3.8, 4) is 0 Å². The Morgan fingerprint density at radius 2 is 1.81 bits per heavy atom. The number of nitrogens with one attached hydrogen (secondary N) is 2. The molecule has 146 valence electrons. The first kappa shape index (κ1) is 21.7. The molecule has 1 amide bonds. The monoisotopic (exact) mass is 430 g/mol. The Kier molecular flexibility index (Phi) is 7.64. The summed E-state index contributed by atoms with van der Waals surface area (Å²) >= 11 is 11.9. The van der Waals surface area contributed by atoms with Crippen LogP contribution in [0.4, 0.5) is 5.69 Å². The van der Waals surface area contributed by atoms with Gasteiger partial charge in [-0.1, -0.05) is 29.3 Å². The molecule has 0 aliphatic carbocycles. The van der Waals surface area contributed by atoms with Crippen molar-refractivity contribution in [2.24, 2.45) is 0 Å². The smallest absolute Gasteiger partial charge is 0.240 e. The van der Waals surface area contributed by atoms with Crippen LogP contribution in [-0.4, -0.2) is 34.1 Å². The summed E-state index contributed by atoms with van der Waals surface area (Å²) in [4.78, 5) is 12.3. The van der Waals surface area contributed by atoms with Gasteiger partial charge in [0.1, 0.15) is 0 Å². The van der Waals surface area contributed by atoms with E-state index in [-0.39, 0.29) is 29.9 Å². The van der Waals surface area contributed by atoms with E-state index < -0.39 is 10.0 Å². The van der Waals surface area contributed by atoms with Crippen LogP contribution in [0.5, 0.6) is 0 Å². The summed E-state index contributed by atoms with van der Waals surface area (Å²) in [7, 11) is -2.16. The summed E-state index contributed by atoms with van der Waals surface area (Å²) in [5.74, 6) is -0.276. The molecule has 0 aliphatic heterocycles. The highest BCUT2D eigenvalue weighted by Crippen LogP contribution is 2.22. The fourth-order valence-electron chi connectivity index (χ4n) is 2.38. The molecule has 0 radical (unpaired) electrons. The molecule has 1 unspecified atom stereocenters. The third-order valence-electron chi connectivity index (χ3n) is 3.59. The number of carbonyl (C=O) groups excluding carboxylic acids is 1. The zero-order chi connectivity index (χ0) is 20.0. The van der Waals surface area contributed by atoms with E-state index in [9.17, 15) is 13.2 Å². The lowest BCUT2D eigenvalue weighted by atomic mass is 10.1. The predicted octanol–water partition coefficient (Wildman–Crippen LogP) is 3.49. The Morgan fingerprint density at radius 1 is 1.15 bits per heavy atom. The minimum absolute atomic E-state index is 0.0755. The van der Waals surface area contributed by atoms with Crippen LogP contribution in [0.2, 0.25) is 10.0 Å². The maximum atomic E-state index is 12.3. The van der Waals surface area contributed by atoms with Gasteiger partial charge >= 0.3 is 0 Å². The van der Waals surface area contributed by atoms with Crippen molar-refractivity contribution in [3.05, 3.63) is 58.1 Å². The van der Waals surface area contributed by atoms with E-state index in [0.29, 0.717) is 21.3 Å². The first-order chi connectivity index (χ1) is 12.7. The van der Waals surface area contributed by atoms with Crippen molar-refractivity contribution < 1.29 is 17.9 Å². The fourth-order valence-corrected chi connectivity index (χ4v) is 4.08. The number of sulfonamides is 1. The van der Waals surface area contributed by atoms with E-state index in [0.717, 1.165) is 0 Å². The topological polar surface area (TPSA) is 84.5 Å². The lowest BCUT2D eigenvalue weighted by molar-refractivity contribution is -0.115. The molecule has 0 heterocycles. The van der Waals surface area contributed by atoms with Crippen molar-refractivity contribution in [2.45, 2.75) is 24.3 Å². The molecule has 1 atom stereocenters. The van der Waals surface area contributed by atoms with Gasteiger partial charge in [-0.15, -0.1) is 0 Å². The van der Waals surface area contributed by atoms with E-state index >= 15 is 0 Å². The predicted molar refractivity (Wildman–Crippen MR) is 107 cm³/mol. The third kappa shape index (κ3) is 6.48. The lowest BCUT2D eigenvalue weighted by Crippen LogP contribution is -2.35. The van der Waals surface area contributed by atoms with Crippen LogP contribution in [0.25, 0.3) is 0 Å². The van der Waals surface area contributed by atoms with Gasteiger partial charge in [0.2, 0.25) is 15.9 Å². The molecule has 0 saturated carbocycles. The van der Waals surface area contributed by atoms with Crippen LogP contribution in [0.1, 0.15) is 12.5 Å². The van der Waals surface area contributed by atoms with Gasteiger partial charge in [0.25, 0.3) is 0 Å². The summed E-state index contributed by atoms with van der Waals surface area (Å²) in [6, 6.07) is 10.5. The van der Waals surface area contributed by atoms with Gasteiger partial charge in [0.05, 0.1) is 17.9 Å². The third-order valence-corrected chi connectivity index (χ3v) is 5.78. The number of amides is 1. The Bertz CT molecular complexity index is 902. The molecule has 0 spiro atoms. The van der Waals surface area contributed by atoms with Crippen LogP contribution in [0, 0.1) is 0 Å². The van der Waals surface area contributed by atoms with Gasteiger partial charge in [-0.3, -0.25) is 4.79 Å². The highest BCUT2D eigenvalue weighted by Gasteiger charge is 2.17. The number of benzene rings is 2. The summed E-state index contributed by atoms with van der Waals surface area (Å²) in [6.45, 7) is 1.97. The fraction of sp³-hybridized carbons (Fsp3) is 0.278. The molecule has 0 aromatic heterocycles. The van der Waals surface area contributed by atoms with E-state index in [1.54, 1.807) is 25.1 Å². The Balaban J connectivity index is 2.01. The van der Waals surface area contributed by atoms with Gasteiger partial charge in [-0.05, 0) is 48.9 Å². The van der Waals surface area contributed by atoms with Gasteiger partial charge < -0.3 is 10.1 Å².